The van der Waals surface area contributed by atoms with Gasteiger partial charge in [0.2, 0.25) is 5.91 Å². The minimum atomic E-state index is -1.07. The minimum Gasteiger partial charge on any atom is -0.388 e. The molecule has 2 rings (SSSR count). The van der Waals surface area contributed by atoms with Gasteiger partial charge >= 0.3 is 0 Å². The van der Waals surface area contributed by atoms with Crippen LogP contribution in [0.3, 0.4) is 0 Å². The van der Waals surface area contributed by atoms with E-state index in [-0.39, 0.29) is 12.5 Å². The lowest BCUT2D eigenvalue weighted by atomic mass is 9.89. The van der Waals surface area contributed by atoms with Crippen molar-refractivity contribution in [2.24, 2.45) is 0 Å². The van der Waals surface area contributed by atoms with E-state index in [1.807, 2.05) is 0 Å². The van der Waals surface area contributed by atoms with E-state index in [4.69, 9.17) is 9.47 Å². The Balaban J connectivity index is 2.12. The fourth-order valence-corrected chi connectivity index (χ4v) is 2.07. The number of ether oxygens (including phenoxy) is 2. The van der Waals surface area contributed by atoms with Gasteiger partial charge in [-0.3, -0.25) is 4.79 Å². The normalized spacial score (nSPS) is 46.8. The van der Waals surface area contributed by atoms with Gasteiger partial charge in [0.1, 0.15) is 23.9 Å². The average molecular weight is 231 g/mol. The zero-order chi connectivity index (χ0) is 11.9. The molecule has 6 nitrogen and oxygen atoms in total. The third-order valence-corrected chi connectivity index (χ3v) is 3.18. The van der Waals surface area contributed by atoms with E-state index in [2.05, 4.69) is 5.32 Å². The highest BCUT2D eigenvalue weighted by Gasteiger charge is 2.56. The molecule has 0 aromatic carbocycles. The van der Waals surface area contributed by atoms with Crippen LogP contribution in [-0.2, 0) is 14.3 Å². The van der Waals surface area contributed by atoms with Crippen LogP contribution in [0.1, 0.15) is 20.3 Å². The lowest BCUT2D eigenvalue weighted by Gasteiger charge is -2.41. The molecule has 2 saturated heterocycles. The Bertz CT molecular complexity index is 297. The molecule has 0 saturated carbocycles. The molecule has 0 aromatic rings. The number of carbonyl (C=O) groups excluding carboxylic acids is 1. The summed E-state index contributed by atoms with van der Waals surface area (Å²) in [6.07, 6.45) is -2.50. The Kier molecular flexibility index (Phi) is 2.91. The molecular weight excluding hydrogens is 214 g/mol. The summed E-state index contributed by atoms with van der Waals surface area (Å²) in [5.74, 6) is -0.209. The van der Waals surface area contributed by atoms with Crippen molar-refractivity contribution in [2.45, 2.75) is 50.4 Å². The van der Waals surface area contributed by atoms with E-state index < -0.39 is 30.1 Å². The fourth-order valence-electron chi connectivity index (χ4n) is 2.07. The van der Waals surface area contributed by atoms with E-state index in [9.17, 15) is 15.0 Å². The maximum Gasteiger partial charge on any atom is 0.220 e. The van der Waals surface area contributed by atoms with Crippen LogP contribution < -0.4 is 5.32 Å². The van der Waals surface area contributed by atoms with E-state index in [0.717, 1.165) is 0 Å². The zero-order valence-corrected chi connectivity index (χ0v) is 9.34. The standard InChI is InChI=1S/C10H17NO5/c1-3-5(12)11-6-7(13)8(14)10(2)4-15-9(6)16-10/h6-9,13-14H,3-4H2,1-2H3,(H,11,12)/t6-,7+,8+,9+,10-/m0/s1. The third kappa shape index (κ3) is 1.71. The number of fused-ring (bicyclic) bond motifs is 2. The smallest absolute Gasteiger partial charge is 0.220 e. The van der Waals surface area contributed by atoms with Crippen LogP contribution in [0.25, 0.3) is 0 Å². The Hall–Kier alpha value is -0.690. The second-order valence-corrected chi connectivity index (χ2v) is 4.49. The van der Waals surface area contributed by atoms with Gasteiger partial charge in [-0.15, -0.1) is 0 Å². The average Bonchev–Trinajstić information content (AvgIpc) is 2.63. The summed E-state index contributed by atoms with van der Waals surface area (Å²) in [6, 6.07) is -0.710. The van der Waals surface area contributed by atoms with Crippen molar-refractivity contribution in [2.75, 3.05) is 6.61 Å². The van der Waals surface area contributed by atoms with E-state index in [1.54, 1.807) is 13.8 Å². The molecular formula is C10H17NO5. The van der Waals surface area contributed by atoms with Gasteiger partial charge in [0.05, 0.1) is 6.61 Å². The number of nitrogens with one attached hydrogen (secondary N) is 1. The molecule has 92 valence electrons. The molecule has 2 heterocycles. The first kappa shape index (κ1) is 11.8. The van der Waals surface area contributed by atoms with E-state index >= 15 is 0 Å². The van der Waals surface area contributed by atoms with Gasteiger partial charge in [0, 0.05) is 6.42 Å². The number of hydrogen-bond donors (Lipinski definition) is 3. The SMILES string of the molecule is CCC(=O)N[C@@H]1[C@@H]2OC[C@](C)(O2)[C@H](O)[C@@H]1O. The van der Waals surface area contributed by atoms with Gasteiger partial charge in [0.25, 0.3) is 0 Å². The van der Waals surface area contributed by atoms with Crippen molar-refractivity contribution in [3.8, 4) is 0 Å². The second kappa shape index (κ2) is 3.96. The molecule has 3 N–H and O–H groups in total. The van der Waals surface area contributed by atoms with Crippen LogP contribution in [0.4, 0.5) is 0 Å². The Morgan fingerprint density at radius 3 is 2.88 bits per heavy atom. The monoisotopic (exact) mass is 231 g/mol. The molecule has 0 aliphatic carbocycles. The molecule has 2 aliphatic rings. The highest BCUT2D eigenvalue weighted by atomic mass is 16.7. The van der Waals surface area contributed by atoms with E-state index in [0.29, 0.717) is 6.42 Å². The van der Waals surface area contributed by atoms with Crippen molar-refractivity contribution in [3.63, 3.8) is 0 Å². The quantitative estimate of drug-likeness (QED) is 0.552. The van der Waals surface area contributed by atoms with Gasteiger partial charge in [-0.25, -0.2) is 0 Å². The lowest BCUT2D eigenvalue weighted by molar-refractivity contribution is -0.218. The molecule has 2 fully saturated rings. The van der Waals surface area contributed by atoms with Crippen LogP contribution in [0.15, 0.2) is 0 Å². The number of hydrogen-bond acceptors (Lipinski definition) is 5. The topological polar surface area (TPSA) is 88.0 Å². The lowest BCUT2D eigenvalue weighted by Crippen LogP contribution is -2.64. The van der Waals surface area contributed by atoms with Crippen LogP contribution in [0, 0.1) is 0 Å². The first-order valence-electron chi connectivity index (χ1n) is 5.43. The van der Waals surface area contributed by atoms with Crippen molar-refractivity contribution >= 4 is 5.91 Å². The molecule has 16 heavy (non-hydrogen) atoms. The maximum absolute atomic E-state index is 11.3. The van der Waals surface area contributed by atoms with Crippen molar-refractivity contribution < 1.29 is 24.5 Å². The van der Waals surface area contributed by atoms with Gasteiger partial charge in [-0.2, -0.15) is 0 Å². The summed E-state index contributed by atoms with van der Waals surface area (Å²) in [6.45, 7) is 3.61. The first-order chi connectivity index (χ1) is 7.48. The van der Waals surface area contributed by atoms with Crippen LogP contribution in [0.5, 0.6) is 0 Å². The van der Waals surface area contributed by atoms with Gasteiger partial charge in [-0.1, -0.05) is 6.92 Å². The number of carbonyl (C=O) groups is 1. The van der Waals surface area contributed by atoms with Crippen molar-refractivity contribution in [1.82, 2.24) is 5.32 Å². The molecule has 6 heteroatoms. The van der Waals surface area contributed by atoms with E-state index in [1.165, 1.54) is 0 Å². The highest BCUT2D eigenvalue weighted by Crippen LogP contribution is 2.36. The van der Waals surface area contributed by atoms with Gasteiger partial charge in [-0.05, 0) is 6.92 Å². The molecule has 0 unspecified atom stereocenters. The Labute approximate surface area is 93.5 Å². The Morgan fingerprint density at radius 2 is 2.25 bits per heavy atom. The molecule has 0 spiro atoms. The number of aliphatic hydroxyl groups excluding tert-OH is 2. The summed E-state index contributed by atoms with van der Waals surface area (Å²) in [5.41, 5.74) is -0.877. The third-order valence-electron chi connectivity index (χ3n) is 3.18. The fraction of sp³-hybridized carbons (Fsp3) is 0.900. The molecule has 0 aromatic heterocycles. The summed E-state index contributed by atoms with van der Waals surface area (Å²) in [4.78, 5) is 11.3. The summed E-state index contributed by atoms with van der Waals surface area (Å²) in [7, 11) is 0. The number of rotatable bonds is 2. The maximum atomic E-state index is 11.3. The number of aliphatic hydroxyl groups is 2. The van der Waals surface area contributed by atoms with Crippen molar-refractivity contribution in [1.29, 1.82) is 0 Å². The zero-order valence-electron chi connectivity index (χ0n) is 9.34. The predicted molar refractivity (Wildman–Crippen MR) is 53.5 cm³/mol. The first-order valence-corrected chi connectivity index (χ1v) is 5.43. The van der Waals surface area contributed by atoms with Crippen LogP contribution in [-0.4, -0.2) is 52.9 Å². The molecule has 0 radical (unpaired) electrons. The minimum absolute atomic E-state index is 0.209. The van der Waals surface area contributed by atoms with Crippen LogP contribution >= 0.6 is 0 Å². The largest absolute Gasteiger partial charge is 0.388 e. The number of amides is 1. The summed E-state index contributed by atoms with van der Waals surface area (Å²) in [5, 5.41) is 22.4. The van der Waals surface area contributed by atoms with Crippen LogP contribution in [0.2, 0.25) is 0 Å². The summed E-state index contributed by atoms with van der Waals surface area (Å²) < 4.78 is 10.8. The van der Waals surface area contributed by atoms with Gasteiger partial charge in [0.15, 0.2) is 6.29 Å². The predicted octanol–water partition coefficient (Wildman–Crippen LogP) is -1.25. The summed E-state index contributed by atoms with van der Waals surface area (Å²) >= 11 is 0. The molecule has 2 bridgehead atoms. The Morgan fingerprint density at radius 1 is 1.56 bits per heavy atom. The molecule has 5 atom stereocenters. The molecule has 1 amide bonds. The van der Waals surface area contributed by atoms with Gasteiger partial charge < -0.3 is 25.0 Å². The van der Waals surface area contributed by atoms with Crippen molar-refractivity contribution in [3.05, 3.63) is 0 Å². The molecule has 2 aliphatic heterocycles. The highest BCUT2D eigenvalue weighted by molar-refractivity contribution is 5.76. The second-order valence-electron chi connectivity index (χ2n) is 4.49.